The molecular formula is C21H30IN5. The van der Waals surface area contributed by atoms with Crippen LogP contribution in [-0.4, -0.2) is 47.6 Å². The molecule has 2 unspecified atom stereocenters. The number of para-hydroxylation sites is 1. The van der Waals surface area contributed by atoms with Crippen LogP contribution in [0, 0.1) is 5.92 Å². The highest BCUT2D eigenvalue weighted by Crippen LogP contribution is 2.31. The van der Waals surface area contributed by atoms with Gasteiger partial charge in [-0.2, -0.15) is 0 Å². The van der Waals surface area contributed by atoms with Crippen LogP contribution in [0.25, 0.3) is 10.9 Å². The molecule has 2 aliphatic rings. The molecule has 2 aromatic rings. The van der Waals surface area contributed by atoms with Crippen molar-refractivity contribution in [1.82, 2.24) is 20.5 Å². The maximum absolute atomic E-state index is 4.85. The molecule has 0 amide bonds. The molecule has 4 rings (SSSR count). The van der Waals surface area contributed by atoms with E-state index in [0.717, 1.165) is 30.6 Å². The van der Waals surface area contributed by atoms with Gasteiger partial charge in [0.2, 0.25) is 0 Å². The summed E-state index contributed by atoms with van der Waals surface area (Å²) < 4.78 is 0. The molecule has 1 saturated heterocycles. The molecule has 0 radical (unpaired) electrons. The Bertz CT molecular complexity index is 784. The first-order chi connectivity index (χ1) is 12.7. The van der Waals surface area contributed by atoms with Crippen LogP contribution in [0.3, 0.4) is 0 Å². The van der Waals surface area contributed by atoms with Crippen molar-refractivity contribution in [2.45, 2.75) is 45.3 Å². The average Bonchev–Trinajstić information content (AvgIpc) is 3.44. The number of halogens is 1. The number of fused-ring (bicyclic) bond motifs is 1. The van der Waals surface area contributed by atoms with E-state index in [1.54, 1.807) is 0 Å². The average molecular weight is 479 g/mol. The molecule has 1 aliphatic heterocycles. The molecule has 2 fully saturated rings. The van der Waals surface area contributed by atoms with E-state index in [4.69, 9.17) is 4.99 Å². The fourth-order valence-electron chi connectivity index (χ4n) is 3.88. The third kappa shape index (κ3) is 4.90. The second-order valence-corrected chi connectivity index (χ2v) is 7.60. The van der Waals surface area contributed by atoms with Crippen LogP contribution in [0.2, 0.25) is 0 Å². The van der Waals surface area contributed by atoms with Crippen molar-refractivity contribution in [2.24, 2.45) is 10.9 Å². The third-order valence-corrected chi connectivity index (χ3v) is 5.49. The van der Waals surface area contributed by atoms with Crippen LogP contribution >= 0.6 is 24.0 Å². The van der Waals surface area contributed by atoms with E-state index in [2.05, 4.69) is 58.6 Å². The lowest BCUT2D eigenvalue weighted by molar-refractivity contribution is 0.315. The van der Waals surface area contributed by atoms with Crippen LogP contribution in [0.1, 0.15) is 32.3 Å². The summed E-state index contributed by atoms with van der Waals surface area (Å²) in [6, 6.07) is 11.7. The first-order valence-electron chi connectivity index (χ1n) is 9.86. The molecule has 2 heterocycles. The summed E-state index contributed by atoms with van der Waals surface area (Å²) in [7, 11) is 0. The molecule has 0 spiro atoms. The van der Waals surface area contributed by atoms with Crippen LogP contribution in [0.4, 0.5) is 0 Å². The molecule has 1 aromatic heterocycles. The highest BCUT2D eigenvalue weighted by atomic mass is 127. The Morgan fingerprint density at radius 1 is 1.22 bits per heavy atom. The molecule has 146 valence electrons. The van der Waals surface area contributed by atoms with Gasteiger partial charge in [0.1, 0.15) is 0 Å². The summed E-state index contributed by atoms with van der Waals surface area (Å²) in [5.41, 5.74) is 2.21. The van der Waals surface area contributed by atoms with E-state index in [1.165, 1.54) is 30.3 Å². The monoisotopic (exact) mass is 479 g/mol. The van der Waals surface area contributed by atoms with Crippen LogP contribution in [0.15, 0.2) is 41.5 Å². The predicted octanol–water partition coefficient (Wildman–Crippen LogP) is 3.39. The number of hydrogen-bond donors (Lipinski definition) is 2. The molecule has 0 bridgehead atoms. The van der Waals surface area contributed by atoms with Crippen molar-refractivity contribution < 1.29 is 0 Å². The molecule has 6 heteroatoms. The van der Waals surface area contributed by atoms with Crippen molar-refractivity contribution in [3.05, 3.63) is 42.1 Å². The first-order valence-corrected chi connectivity index (χ1v) is 9.86. The quantitative estimate of drug-likeness (QED) is 0.392. The normalized spacial score (nSPS) is 23.3. The van der Waals surface area contributed by atoms with Crippen molar-refractivity contribution in [1.29, 1.82) is 0 Å². The molecule has 2 N–H and O–H groups in total. The van der Waals surface area contributed by atoms with Gasteiger partial charge in [0.05, 0.1) is 12.1 Å². The van der Waals surface area contributed by atoms with Gasteiger partial charge >= 0.3 is 0 Å². The second-order valence-electron chi connectivity index (χ2n) is 7.60. The van der Waals surface area contributed by atoms with Gasteiger partial charge < -0.3 is 10.6 Å². The highest BCUT2D eigenvalue weighted by Gasteiger charge is 2.38. The lowest BCUT2D eigenvalue weighted by Gasteiger charge is -2.20. The third-order valence-electron chi connectivity index (χ3n) is 5.49. The topological polar surface area (TPSA) is 52.6 Å². The number of aliphatic imine (C=N–C) groups is 1. The van der Waals surface area contributed by atoms with Gasteiger partial charge in [-0.15, -0.1) is 24.0 Å². The summed E-state index contributed by atoms with van der Waals surface area (Å²) in [6.07, 6.45) is 4.61. The number of hydrogen-bond acceptors (Lipinski definition) is 3. The standard InChI is InChI=1S/C21H29N5.HI/c1-3-22-21(25-19-14-26(13-15(19)2)18-9-10-18)24-12-17-7-4-6-16-8-5-11-23-20(16)17;/h4-8,11,15,18-19H,3,9-10,12-14H2,1-2H3,(H2,22,24,25);1H. The van der Waals surface area contributed by atoms with E-state index >= 15 is 0 Å². The smallest absolute Gasteiger partial charge is 0.191 e. The molecule has 5 nitrogen and oxygen atoms in total. The zero-order valence-corrected chi connectivity index (χ0v) is 18.5. The minimum absolute atomic E-state index is 0. The zero-order chi connectivity index (χ0) is 17.9. The Hall–Kier alpha value is -1.41. The number of rotatable bonds is 5. The van der Waals surface area contributed by atoms with Gasteiger partial charge in [0.25, 0.3) is 0 Å². The fourth-order valence-corrected chi connectivity index (χ4v) is 3.88. The number of pyridine rings is 1. The molecule has 1 aliphatic carbocycles. The van der Waals surface area contributed by atoms with Gasteiger partial charge in [-0.05, 0) is 37.3 Å². The Morgan fingerprint density at radius 3 is 2.81 bits per heavy atom. The fraction of sp³-hybridized carbons (Fsp3) is 0.524. The number of guanidine groups is 1. The molecule has 1 saturated carbocycles. The Kier molecular flexibility index (Phi) is 6.92. The predicted molar refractivity (Wildman–Crippen MR) is 123 cm³/mol. The van der Waals surface area contributed by atoms with Gasteiger partial charge in [-0.25, -0.2) is 4.99 Å². The van der Waals surface area contributed by atoms with Crippen molar-refractivity contribution in [3.8, 4) is 0 Å². The highest BCUT2D eigenvalue weighted by molar-refractivity contribution is 14.0. The molecule has 1 aromatic carbocycles. The molecule has 2 atom stereocenters. The minimum atomic E-state index is 0. The Labute approximate surface area is 179 Å². The SMILES string of the molecule is CCNC(=NCc1cccc2cccnc12)NC1CN(C2CC2)CC1C.I. The summed E-state index contributed by atoms with van der Waals surface area (Å²) in [5.74, 6) is 1.56. The lowest BCUT2D eigenvalue weighted by Crippen LogP contribution is -2.46. The van der Waals surface area contributed by atoms with Gasteiger partial charge in [-0.3, -0.25) is 9.88 Å². The van der Waals surface area contributed by atoms with E-state index in [1.807, 2.05) is 12.3 Å². The molecule has 27 heavy (non-hydrogen) atoms. The van der Waals surface area contributed by atoms with E-state index in [9.17, 15) is 0 Å². The summed E-state index contributed by atoms with van der Waals surface area (Å²) in [4.78, 5) is 12.0. The minimum Gasteiger partial charge on any atom is -0.357 e. The number of aromatic nitrogens is 1. The largest absolute Gasteiger partial charge is 0.357 e. The van der Waals surface area contributed by atoms with Crippen molar-refractivity contribution in [3.63, 3.8) is 0 Å². The van der Waals surface area contributed by atoms with Crippen molar-refractivity contribution in [2.75, 3.05) is 19.6 Å². The summed E-state index contributed by atoms with van der Waals surface area (Å²) in [5, 5.41) is 8.25. The maximum atomic E-state index is 4.85. The zero-order valence-electron chi connectivity index (χ0n) is 16.2. The summed E-state index contributed by atoms with van der Waals surface area (Å²) in [6.45, 7) is 8.30. The van der Waals surface area contributed by atoms with Gasteiger partial charge in [0, 0.05) is 43.3 Å². The van der Waals surface area contributed by atoms with Gasteiger partial charge in [-0.1, -0.05) is 31.2 Å². The van der Waals surface area contributed by atoms with Gasteiger partial charge in [0.15, 0.2) is 5.96 Å². The van der Waals surface area contributed by atoms with Crippen LogP contribution in [-0.2, 0) is 6.54 Å². The lowest BCUT2D eigenvalue weighted by atomic mass is 10.1. The van der Waals surface area contributed by atoms with E-state index < -0.39 is 0 Å². The second kappa shape index (κ2) is 9.19. The van der Waals surface area contributed by atoms with E-state index in [-0.39, 0.29) is 24.0 Å². The van der Waals surface area contributed by atoms with Crippen LogP contribution in [0.5, 0.6) is 0 Å². The summed E-state index contributed by atoms with van der Waals surface area (Å²) >= 11 is 0. The van der Waals surface area contributed by atoms with Crippen molar-refractivity contribution >= 4 is 40.8 Å². The maximum Gasteiger partial charge on any atom is 0.191 e. The number of nitrogens with one attached hydrogen (secondary N) is 2. The molecular weight excluding hydrogens is 449 g/mol. The number of benzene rings is 1. The number of likely N-dealkylation sites (tertiary alicyclic amines) is 1. The van der Waals surface area contributed by atoms with E-state index in [0.29, 0.717) is 18.5 Å². The number of nitrogens with zero attached hydrogens (tertiary/aromatic N) is 3. The first kappa shape index (κ1) is 20.3. The Morgan fingerprint density at radius 2 is 2.04 bits per heavy atom. The van der Waals surface area contributed by atoms with Crippen LogP contribution < -0.4 is 10.6 Å². The Balaban J connectivity index is 0.00000210.